The molecule has 0 bridgehead atoms. The zero-order chi connectivity index (χ0) is 14.0. The lowest BCUT2D eigenvalue weighted by molar-refractivity contribution is -0.147. The smallest absolute Gasteiger partial charge is 0.308 e. The van der Waals surface area contributed by atoms with Crippen LogP contribution < -0.4 is 5.32 Å². The van der Waals surface area contributed by atoms with Crippen molar-refractivity contribution in [2.75, 3.05) is 19.6 Å². The van der Waals surface area contributed by atoms with Crippen LogP contribution in [-0.2, 0) is 9.59 Å². The summed E-state index contributed by atoms with van der Waals surface area (Å²) in [6.45, 7) is 6.15. The van der Waals surface area contributed by atoms with Crippen LogP contribution in [0.1, 0.15) is 39.5 Å². The minimum Gasteiger partial charge on any atom is -0.481 e. The largest absolute Gasteiger partial charge is 0.481 e. The van der Waals surface area contributed by atoms with Crippen LogP contribution in [0.25, 0.3) is 0 Å². The number of likely N-dealkylation sites (tertiary alicyclic amines) is 1. The molecule has 2 aliphatic heterocycles. The van der Waals surface area contributed by atoms with Crippen molar-refractivity contribution in [3.8, 4) is 0 Å². The van der Waals surface area contributed by atoms with Gasteiger partial charge in [0.15, 0.2) is 0 Å². The van der Waals surface area contributed by atoms with Gasteiger partial charge in [0.25, 0.3) is 0 Å². The van der Waals surface area contributed by atoms with E-state index in [1.54, 1.807) is 4.90 Å². The minimum absolute atomic E-state index is 0.0501. The van der Waals surface area contributed by atoms with E-state index in [9.17, 15) is 9.59 Å². The van der Waals surface area contributed by atoms with Crippen LogP contribution in [0.3, 0.4) is 0 Å². The third-order valence-electron chi connectivity index (χ3n) is 4.46. The lowest BCUT2D eigenvalue weighted by atomic mass is 9.76. The van der Waals surface area contributed by atoms with Gasteiger partial charge in [-0.1, -0.05) is 13.8 Å². The summed E-state index contributed by atoms with van der Waals surface area (Å²) >= 11 is 0. The molecule has 0 aromatic carbocycles. The van der Waals surface area contributed by atoms with Crippen LogP contribution >= 0.6 is 0 Å². The van der Waals surface area contributed by atoms with E-state index in [0.717, 1.165) is 25.8 Å². The van der Waals surface area contributed by atoms with Gasteiger partial charge in [-0.15, -0.1) is 0 Å². The quantitative estimate of drug-likeness (QED) is 0.786. The molecule has 2 aliphatic rings. The Balaban J connectivity index is 2.04. The van der Waals surface area contributed by atoms with Crippen LogP contribution in [0.2, 0.25) is 0 Å². The molecule has 2 rings (SSSR count). The first-order chi connectivity index (χ1) is 8.92. The molecule has 2 atom stereocenters. The van der Waals surface area contributed by atoms with Gasteiger partial charge in [0, 0.05) is 13.1 Å². The van der Waals surface area contributed by atoms with Crippen molar-refractivity contribution in [1.29, 1.82) is 0 Å². The van der Waals surface area contributed by atoms with E-state index in [4.69, 9.17) is 5.11 Å². The highest BCUT2D eigenvalue weighted by Gasteiger charge is 2.40. The highest BCUT2D eigenvalue weighted by atomic mass is 16.4. The van der Waals surface area contributed by atoms with Crippen LogP contribution in [0, 0.1) is 11.3 Å². The van der Waals surface area contributed by atoms with Crippen molar-refractivity contribution in [3.63, 3.8) is 0 Å². The number of rotatable bonds is 2. The molecule has 0 aliphatic carbocycles. The molecule has 108 valence electrons. The number of piperidine rings is 2. The maximum Gasteiger partial charge on any atom is 0.308 e. The van der Waals surface area contributed by atoms with Crippen molar-refractivity contribution < 1.29 is 14.7 Å². The number of nitrogens with zero attached hydrogens (tertiary/aromatic N) is 1. The zero-order valence-electron chi connectivity index (χ0n) is 11.8. The SMILES string of the molecule is CC1(C)CCCNC1C(=O)N1CCC[C@H](C(=O)O)C1. The Morgan fingerprint density at radius 2 is 2.05 bits per heavy atom. The van der Waals surface area contributed by atoms with Crippen LogP contribution in [0.5, 0.6) is 0 Å². The molecule has 2 saturated heterocycles. The lowest BCUT2D eigenvalue weighted by Gasteiger charge is -2.42. The number of hydrogen-bond acceptors (Lipinski definition) is 3. The van der Waals surface area contributed by atoms with Crippen LogP contribution in [-0.4, -0.2) is 47.6 Å². The molecule has 1 amide bonds. The molecule has 0 radical (unpaired) electrons. The average molecular weight is 268 g/mol. The monoisotopic (exact) mass is 268 g/mol. The topological polar surface area (TPSA) is 69.6 Å². The zero-order valence-corrected chi connectivity index (χ0v) is 11.8. The normalized spacial score (nSPS) is 30.9. The average Bonchev–Trinajstić information content (AvgIpc) is 2.37. The number of nitrogens with one attached hydrogen (secondary N) is 1. The third kappa shape index (κ3) is 3.08. The standard InChI is InChI=1S/C14H24N2O3/c1-14(2)6-4-7-15-11(14)12(17)16-8-3-5-10(9-16)13(18)19/h10-11,15H,3-9H2,1-2H3,(H,18,19)/t10-,11?/m0/s1. The van der Waals surface area contributed by atoms with Gasteiger partial charge in [-0.3, -0.25) is 9.59 Å². The molecule has 1 unspecified atom stereocenters. The fourth-order valence-corrected chi connectivity index (χ4v) is 3.19. The summed E-state index contributed by atoms with van der Waals surface area (Å²) in [6.07, 6.45) is 3.59. The second kappa shape index (κ2) is 5.49. The Labute approximate surface area is 114 Å². The van der Waals surface area contributed by atoms with E-state index in [1.165, 1.54) is 0 Å². The van der Waals surface area contributed by atoms with Crippen molar-refractivity contribution in [1.82, 2.24) is 10.2 Å². The number of carbonyl (C=O) groups excluding carboxylic acids is 1. The summed E-state index contributed by atoms with van der Waals surface area (Å²) in [6, 6.07) is -0.172. The Hall–Kier alpha value is -1.10. The molecular weight excluding hydrogens is 244 g/mol. The van der Waals surface area contributed by atoms with E-state index in [2.05, 4.69) is 19.2 Å². The number of hydrogen-bond donors (Lipinski definition) is 2. The number of carboxylic acid groups (broad SMARTS) is 1. The molecule has 0 aromatic rings. The second-order valence-corrected chi connectivity index (χ2v) is 6.44. The van der Waals surface area contributed by atoms with E-state index < -0.39 is 11.9 Å². The highest BCUT2D eigenvalue weighted by Crippen LogP contribution is 2.32. The molecule has 2 heterocycles. The first-order valence-electron chi connectivity index (χ1n) is 7.17. The van der Waals surface area contributed by atoms with Gasteiger partial charge < -0.3 is 15.3 Å². The molecular formula is C14H24N2O3. The summed E-state index contributed by atoms with van der Waals surface area (Å²) in [5.74, 6) is -1.10. The van der Waals surface area contributed by atoms with Gasteiger partial charge in [-0.2, -0.15) is 0 Å². The number of carbonyl (C=O) groups is 2. The van der Waals surface area contributed by atoms with Crippen molar-refractivity contribution in [2.45, 2.75) is 45.6 Å². The lowest BCUT2D eigenvalue weighted by Crippen LogP contribution is -2.58. The number of amides is 1. The van der Waals surface area contributed by atoms with Crippen molar-refractivity contribution in [3.05, 3.63) is 0 Å². The Kier molecular flexibility index (Phi) is 4.13. The minimum atomic E-state index is -0.784. The fourth-order valence-electron chi connectivity index (χ4n) is 3.19. The van der Waals surface area contributed by atoms with Crippen LogP contribution in [0.15, 0.2) is 0 Å². The van der Waals surface area contributed by atoms with Gasteiger partial charge >= 0.3 is 5.97 Å². The third-order valence-corrected chi connectivity index (χ3v) is 4.46. The van der Waals surface area contributed by atoms with E-state index in [-0.39, 0.29) is 17.4 Å². The van der Waals surface area contributed by atoms with Crippen LogP contribution in [0.4, 0.5) is 0 Å². The molecule has 0 saturated carbocycles. The summed E-state index contributed by atoms with van der Waals surface area (Å²) in [5.41, 5.74) is -0.0501. The van der Waals surface area contributed by atoms with Gasteiger partial charge in [0.1, 0.15) is 0 Å². The maximum atomic E-state index is 12.6. The van der Waals surface area contributed by atoms with Gasteiger partial charge in [-0.05, 0) is 37.6 Å². The summed E-state index contributed by atoms with van der Waals surface area (Å²) < 4.78 is 0. The maximum absolute atomic E-state index is 12.6. The van der Waals surface area contributed by atoms with Gasteiger partial charge in [0.05, 0.1) is 12.0 Å². The highest BCUT2D eigenvalue weighted by molar-refractivity contribution is 5.83. The van der Waals surface area contributed by atoms with E-state index in [0.29, 0.717) is 19.5 Å². The molecule has 0 spiro atoms. The first kappa shape index (κ1) is 14.3. The molecule has 19 heavy (non-hydrogen) atoms. The number of aliphatic carboxylic acids is 1. The van der Waals surface area contributed by atoms with Gasteiger partial charge in [0.2, 0.25) is 5.91 Å². The fraction of sp³-hybridized carbons (Fsp3) is 0.857. The van der Waals surface area contributed by atoms with E-state index in [1.807, 2.05) is 0 Å². The predicted octanol–water partition coefficient (Wildman–Crippen LogP) is 1.09. The summed E-state index contributed by atoms with van der Waals surface area (Å²) in [7, 11) is 0. The molecule has 2 N–H and O–H groups in total. The molecule has 5 heteroatoms. The predicted molar refractivity (Wildman–Crippen MR) is 71.7 cm³/mol. The molecule has 5 nitrogen and oxygen atoms in total. The summed E-state index contributed by atoms with van der Waals surface area (Å²) in [5, 5.41) is 12.4. The van der Waals surface area contributed by atoms with Gasteiger partial charge in [-0.25, -0.2) is 0 Å². The molecule has 0 aromatic heterocycles. The Bertz CT molecular complexity index is 368. The van der Waals surface area contributed by atoms with Crippen molar-refractivity contribution in [2.24, 2.45) is 11.3 Å². The second-order valence-electron chi connectivity index (χ2n) is 6.44. The Morgan fingerprint density at radius 1 is 1.32 bits per heavy atom. The summed E-state index contributed by atoms with van der Waals surface area (Å²) in [4.78, 5) is 25.4. The molecule has 2 fully saturated rings. The van der Waals surface area contributed by atoms with Crippen molar-refractivity contribution >= 4 is 11.9 Å². The van der Waals surface area contributed by atoms with E-state index >= 15 is 0 Å². The first-order valence-corrected chi connectivity index (χ1v) is 7.17. The number of carboxylic acids is 1. The Morgan fingerprint density at radius 3 is 2.68 bits per heavy atom.